The van der Waals surface area contributed by atoms with Gasteiger partial charge in [0.05, 0.1) is 14.4 Å². The van der Waals surface area contributed by atoms with E-state index >= 15 is 0 Å². The number of likely N-dealkylation sites (tertiary alicyclic amines) is 1. The van der Waals surface area contributed by atoms with Crippen molar-refractivity contribution in [2.75, 3.05) is 18.4 Å². The highest BCUT2D eigenvalue weighted by atomic mass is 79.9. The summed E-state index contributed by atoms with van der Waals surface area (Å²) in [6, 6.07) is 2.89. The Balaban J connectivity index is 1.49. The molecule has 0 aromatic carbocycles. The largest absolute Gasteiger partial charge is 0.340 e. The maximum absolute atomic E-state index is 12.3. The topological polar surface area (TPSA) is 74.3 Å². The van der Waals surface area contributed by atoms with Gasteiger partial charge in [-0.1, -0.05) is 6.92 Å². The molecule has 1 aliphatic rings. The molecule has 2 amide bonds. The molecule has 1 saturated heterocycles. The summed E-state index contributed by atoms with van der Waals surface area (Å²) < 4.78 is 0.878. The summed E-state index contributed by atoms with van der Waals surface area (Å²) in [5.74, 6) is 0.276. The maximum atomic E-state index is 12.3. The number of piperidine rings is 1. The predicted octanol–water partition coefficient (Wildman–Crippen LogP) is 3.96. The van der Waals surface area contributed by atoms with Crippen molar-refractivity contribution in [3.8, 4) is 0 Å². The summed E-state index contributed by atoms with van der Waals surface area (Å²) in [6.07, 6.45) is 2.46. The number of amides is 2. The highest BCUT2D eigenvalue weighted by molar-refractivity contribution is 9.11. The van der Waals surface area contributed by atoms with Gasteiger partial charge in [-0.3, -0.25) is 14.5 Å². The molecule has 3 heterocycles. The summed E-state index contributed by atoms with van der Waals surface area (Å²) in [4.78, 5) is 32.0. The number of anilines is 1. The second-order valence-corrected chi connectivity index (χ2v) is 10.2. The summed E-state index contributed by atoms with van der Waals surface area (Å²) >= 11 is 6.08. The number of hydrogen-bond acceptors (Lipinski definition) is 6. The predicted molar refractivity (Wildman–Crippen MR) is 113 cm³/mol. The van der Waals surface area contributed by atoms with E-state index in [0.29, 0.717) is 10.0 Å². The molecule has 2 N–H and O–H groups in total. The first kappa shape index (κ1) is 20.4. The molecule has 0 aliphatic carbocycles. The van der Waals surface area contributed by atoms with Crippen molar-refractivity contribution in [2.45, 2.75) is 39.3 Å². The Morgan fingerprint density at radius 2 is 2.11 bits per heavy atom. The van der Waals surface area contributed by atoms with Crippen LogP contribution in [0, 0.1) is 5.92 Å². The van der Waals surface area contributed by atoms with Crippen molar-refractivity contribution >= 4 is 55.5 Å². The number of hydrogen-bond donors (Lipinski definition) is 2. The summed E-state index contributed by atoms with van der Waals surface area (Å²) in [5, 5.41) is 8.07. The van der Waals surface area contributed by atoms with E-state index in [2.05, 4.69) is 43.4 Å². The van der Waals surface area contributed by atoms with Crippen molar-refractivity contribution in [3.05, 3.63) is 31.9 Å². The third kappa shape index (κ3) is 5.84. The van der Waals surface area contributed by atoms with Crippen LogP contribution in [0.15, 0.2) is 21.3 Å². The van der Waals surface area contributed by atoms with Crippen molar-refractivity contribution in [1.82, 2.24) is 15.2 Å². The lowest BCUT2D eigenvalue weighted by molar-refractivity contribution is -0.117. The van der Waals surface area contributed by atoms with Gasteiger partial charge in [-0.2, -0.15) is 0 Å². The molecule has 1 unspecified atom stereocenters. The van der Waals surface area contributed by atoms with Crippen molar-refractivity contribution in [3.63, 3.8) is 0 Å². The standard InChI is InChI=1S/C18H23BrN4O2S2/c1-11-5-7-23(8-6-11)9-13-10-26-18(21-13)22-16(24)12(2)20-17(25)14-3-4-15(19)27-14/h3-4,10-12H,5-9H2,1-2H3,(H,20,25)(H,21,22,24). The number of carbonyl (C=O) groups is 2. The van der Waals surface area contributed by atoms with Crippen LogP contribution in [0.4, 0.5) is 5.13 Å². The minimum Gasteiger partial charge on any atom is -0.340 e. The second kappa shape index (κ2) is 9.27. The van der Waals surface area contributed by atoms with Crippen LogP contribution >= 0.6 is 38.6 Å². The molecule has 2 aromatic heterocycles. The van der Waals surface area contributed by atoms with Gasteiger partial charge in [0.2, 0.25) is 5.91 Å². The first-order valence-corrected chi connectivity index (χ1v) is 11.4. The minimum atomic E-state index is -0.644. The van der Waals surface area contributed by atoms with Crippen LogP contribution in [0.2, 0.25) is 0 Å². The zero-order valence-corrected chi connectivity index (χ0v) is 18.5. The molecule has 1 fully saturated rings. The molecule has 2 aromatic rings. The first-order valence-electron chi connectivity index (χ1n) is 8.94. The van der Waals surface area contributed by atoms with E-state index in [0.717, 1.165) is 35.0 Å². The Morgan fingerprint density at radius 1 is 1.37 bits per heavy atom. The quantitative estimate of drug-likeness (QED) is 0.669. The van der Waals surface area contributed by atoms with E-state index in [1.54, 1.807) is 13.0 Å². The lowest BCUT2D eigenvalue weighted by Gasteiger charge is -2.29. The van der Waals surface area contributed by atoms with Crippen LogP contribution in [0.25, 0.3) is 0 Å². The van der Waals surface area contributed by atoms with Crippen LogP contribution in [0.1, 0.15) is 42.1 Å². The number of aromatic nitrogens is 1. The van der Waals surface area contributed by atoms with Crippen molar-refractivity contribution < 1.29 is 9.59 Å². The monoisotopic (exact) mass is 470 g/mol. The summed E-state index contributed by atoms with van der Waals surface area (Å²) in [7, 11) is 0. The van der Waals surface area contributed by atoms with Crippen molar-refractivity contribution in [2.24, 2.45) is 5.92 Å². The molecule has 0 bridgehead atoms. The molecular formula is C18H23BrN4O2S2. The molecule has 0 radical (unpaired) electrons. The molecular weight excluding hydrogens is 448 g/mol. The summed E-state index contributed by atoms with van der Waals surface area (Å²) in [5.41, 5.74) is 0.977. The van der Waals surface area contributed by atoms with E-state index in [9.17, 15) is 9.59 Å². The van der Waals surface area contributed by atoms with Crippen LogP contribution in [-0.4, -0.2) is 40.8 Å². The number of halogens is 1. The van der Waals surface area contributed by atoms with Crippen molar-refractivity contribution in [1.29, 1.82) is 0 Å². The lowest BCUT2D eigenvalue weighted by Crippen LogP contribution is -2.41. The number of rotatable bonds is 6. The first-order chi connectivity index (χ1) is 12.9. The third-order valence-electron chi connectivity index (χ3n) is 4.58. The average Bonchev–Trinajstić information content (AvgIpc) is 3.26. The third-order valence-corrected chi connectivity index (χ3v) is 7.01. The lowest BCUT2D eigenvalue weighted by atomic mass is 9.99. The van der Waals surface area contributed by atoms with Gasteiger partial charge in [0, 0.05) is 11.9 Å². The molecule has 1 atom stereocenters. The Kier molecular flexibility index (Phi) is 7.02. The molecule has 1 aliphatic heterocycles. The van der Waals surface area contributed by atoms with Gasteiger partial charge in [0.15, 0.2) is 5.13 Å². The molecule has 0 saturated carbocycles. The van der Waals surface area contributed by atoms with Gasteiger partial charge in [-0.25, -0.2) is 4.98 Å². The van der Waals surface area contributed by atoms with E-state index in [-0.39, 0.29) is 11.8 Å². The van der Waals surface area contributed by atoms with Crippen LogP contribution in [-0.2, 0) is 11.3 Å². The Labute approximate surface area is 175 Å². The number of nitrogens with one attached hydrogen (secondary N) is 2. The Hall–Kier alpha value is -1.29. The van der Waals surface area contributed by atoms with E-state index in [1.165, 1.54) is 35.5 Å². The molecule has 6 nitrogen and oxygen atoms in total. The smallest absolute Gasteiger partial charge is 0.262 e. The van der Waals surface area contributed by atoms with Crippen LogP contribution in [0.5, 0.6) is 0 Å². The average molecular weight is 471 g/mol. The maximum Gasteiger partial charge on any atom is 0.262 e. The highest BCUT2D eigenvalue weighted by Crippen LogP contribution is 2.23. The Morgan fingerprint density at radius 3 is 2.78 bits per heavy atom. The molecule has 9 heteroatoms. The number of carbonyl (C=O) groups excluding carboxylic acids is 2. The molecule has 3 rings (SSSR count). The van der Waals surface area contributed by atoms with Crippen LogP contribution < -0.4 is 10.6 Å². The highest BCUT2D eigenvalue weighted by Gasteiger charge is 2.20. The Bertz CT molecular complexity index is 799. The fourth-order valence-electron chi connectivity index (χ4n) is 2.87. The number of thiazole rings is 1. The second-order valence-electron chi connectivity index (χ2n) is 6.89. The van der Waals surface area contributed by atoms with Gasteiger partial charge in [-0.05, 0) is 66.8 Å². The van der Waals surface area contributed by atoms with Gasteiger partial charge in [0.1, 0.15) is 6.04 Å². The molecule has 0 spiro atoms. The molecule has 146 valence electrons. The number of thiophene rings is 1. The zero-order chi connectivity index (χ0) is 19.4. The number of nitrogens with zero attached hydrogens (tertiary/aromatic N) is 2. The van der Waals surface area contributed by atoms with Gasteiger partial charge in [-0.15, -0.1) is 22.7 Å². The van der Waals surface area contributed by atoms with E-state index < -0.39 is 6.04 Å². The van der Waals surface area contributed by atoms with Gasteiger partial charge < -0.3 is 10.6 Å². The fourth-order valence-corrected chi connectivity index (χ4v) is 4.86. The fraction of sp³-hybridized carbons (Fsp3) is 0.500. The van der Waals surface area contributed by atoms with E-state index in [4.69, 9.17) is 0 Å². The van der Waals surface area contributed by atoms with Crippen LogP contribution in [0.3, 0.4) is 0 Å². The van der Waals surface area contributed by atoms with E-state index in [1.807, 2.05) is 11.4 Å². The SMILES string of the molecule is CC1CCN(Cc2csc(NC(=O)C(C)NC(=O)c3ccc(Br)s3)n2)CC1. The zero-order valence-electron chi connectivity index (χ0n) is 15.3. The van der Waals surface area contributed by atoms with Gasteiger partial charge >= 0.3 is 0 Å². The normalized spacial score (nSPS) is 16.9. The minimum absolute atomic E-state index is 0.257. The van der Waals surface area contributed by atoms with Gasteiger partial charge in [0.25, 0.3) is 5.91 Å². The molecule has 27 heavy (non-hydrogen) atoms. The summed E-state index contributed by atoms with van der Waals surface area (Å²) in [6.45, 7) is 6.98.